The summed E-state index contributed by atoms with van der Waals surface area (Å²) in [6.45, 7) is 2.88. The van der Waals surface area contributed by atoms with Crippen LogP contribution in [0, 0.1) is 6.92 Å². The summed E-state index contributed by atoms with van der Waals surface area (Å²) in [5.41, 5.74) is 1.39. The number of furan rings is 1. The topological polar surface area (TPSA) is 60.4 Å². The number of aryl methyl sites for hydroxylation is 1. The van der Waals surface area contributed by atoms with Gasteiger partial charge in [0, 0.05) is 7.11 Å². The number of hydrogen-bond acceptors (Lipinski definition) is 4. The summed E-state index contributed by atoms with van der Waals surface area (Å²) in [6, 6.07) is 1.79. The van der Waals surface area contributed by atoms with Crippen LogP contribution in [-0.2, 0) is 11.3 Å². The molecule has 2 heterocycles. The number of aromatic nitrogens is 2. The van der Waals surface area contributed by atoms with Gasteiger partial charge in [0.25, 0.3) is 0 Å². The van der Waals surface area contributed by atoms with Crippen LogP contribution in [0.5, 0.6) is 0 Å². The number of halogens is 1. The highest BCUT2D eigenvalue weighted by molar-refractivity contribution is 6.31. The average molecular weight is 271 g/mol. The molecular formula is C12H15ClN2O3. The molecule has 1 atom stereocenters. The maximum Gasteiger partial charge on any atom is 0.155 e. The molecule has 0 aliphatic rings. The van der Waals surface area contributed by atoms with Crippen LogP contribution in [0.3, 0.4) is 0 Å². The van der Waals surface area contributed by atoms with Crippen molar-refractivity contribution in [2.24, 2.45) is 0 Å². The molecule has 2 aromatic rings. The van der Waals surface area contributed by atoms with Gasteiger partial charge in [0.2, 0.25) is 0 Å². The van der Waals surface area contributed by atoms with E-state index in [1.807, 2.05) is 6.92 Å². The van der Waals surface area contributed by atoms with Gasteiger partial charge in [-0.05, 0) is 18.6 Å². The van der Waals surface area contributed by atoms with E-state index in [9.17, 15) is 5.11 Å². The van der Waals surface area contributed by atoms with Crippen LogP contribution < -0.4 is 0 Å². The van der Waals surface area contributed by atoms with Crippen molar-refractivity contribution in [3.05, 3.63) is 40.6 Å². The van der Waals surface area contributed by atoms with E-state index >= 15 is 0 Å². The van der Waals surface area contributed by atoms with Crippen LogP contribution in [-0.4, -0.2) is 28.6 Å². The first-order valence-corrected chi connectivity index (χ1v) is 5.95. The Kier molecular flexibility index (Phi) is 4.06. The molecule has 2 aromatic heterocycles. The summed E-state index contributed by atoms with van der Waals surface area (Å²) in [5.74, 6) is 0.482. The fourth-order valence-corrected chi connectivity index (χ4v) is 2.03. The van der Waals surface area contributed by atoms with E-state index in [0.29, 0.717) is 29.6 Å². The van der Waals surface area contributed by atoms with Crippen LogP contribution in [0.25, 0.3) is 0 Å². The van der Waals surface area contributed by atoms with Gasteiger partial charge in [-0.1, -0.05) is 11.6 Å². The molecule has 0 saturated heterocycles. The summed E-state index contributed by atoms with van der Waals surface area (Å²) >= 11 is 6.06. The zero-order chi connectivity index (χ0) is 13.1. The highest BCUT2D eigenvalue weighted by Crippen LogP contribution is 2.30. The first-order valence-electron chi connectivity index (χ1n) is 5.57. The Labute approximate surface area is 110 Å². The fourth-order valence-electron chi connectivity index (χ4n) is 1.79. The van der Waals surface area contributed by atoms with E-state index in [2.05, 4.69) is 5.10 Å². The van der Waals surface area contributed by atoms with Crippen LogP contribution in [0.2, 0.25) is 5.02 Å². The Morgan fingerprint density at radius 3 is 3.00 bits per heavy atom. The van der Waals surface area contributed by atoms with Gasteiger partial charge in [-0.15, -0.1) is 0 Å². The molecule has 6 heteroatoms. The second-order valence-corrected chi connectivity index (χ2v) is 4.37. The summed E-state index contributed by atoms with van der Waals surface area (Å²) < 4.78 is 11.9. The van der Waals surface area contributed by atoms with Crippen molar-refractivity contribution in [1.29, 1.82) is 0 Å². The third-order valence-corrected chi connectivity index (χ3v) is 3.04. The molecule has 0 spiro atoms. The lowest BCUT2D eigenvalue weighted by atomic mass is 10.1. The van der Waals surface area contributed by atoms with Crippen molar-refractivity contribution >= 4 is 11.6 Å². The number of hydrogen-bond donors (Lipinski definition) is 1. The number of nitrogens with zero attached hydrogens (tertiary/aromatic N) is 2. The van der Waals surface area contributed by atoms with Crippen LogP contribution in [0.1, 0.15) is 23.1 Å². The van der Waals surface area contributed by atoms with Crippen LogP contribution >= 0.6 is 11.6 Å². The predicted octanol–water partition coefficient (Wildman–Crippen LogP) is 2.17. The van der Waals surface area contributed by atoms with Gasteiger partial charge in [-0.2, -0.15) is 5.10 Å². The number of aliphatic hydroxyl groups is 1. The molecule has 5 nitrogen and oxygen atoms in total. The zero-order valence-electron chi connectivity index (χ0n) is 10.3. The third kappa shape index (κ3) is 2.43. The summed E-state index contributed by atoms with van der Waals surface area (Å²) in [5, 5.41) is 14.9. The predicted molar refractivity (Wildman–Crippen MR) is 66.6 cm³/mol. The number of methoxy groups -OCH3 is 1. The van der Waals surface area contributed by atoms with Crippen molar-refractivity contribution in [2.45, 2.75) is 19.6 Å². The third-order valence-electron chi connectivity index (χ3n) is 2.75. The largest absolute Gasteiger partial charge is 0.466 e. The highest BCUT2D eigenvalue weighted by atomic mass is 35.5. The van der Waals surface area contributed by atoms with E-state index in [0.717, 1.165) is 5.56 Å². The summed E-state index contributed by atoms with van der Waals surface area (Å²) in [4.78, 5) is 0. The van der Waals surface area contributed by atoms with Gasteiger partial charge in [-0.3, -0.25) is 4.68 Å². The lowest BCUT2D eigenvalue weighted by Crippen LogP contribution is -2.13. The van der Waals surface area contributed by atoms with Gasteiger partial charge >= 0.3 is 0 Å². The Morgan fingerprint density at radius 2 is 2.39 bits per heavy atom. The normalized spacial score (nSPS) is 12.9. The molecule has 0 aliphatic heterocycles. The lowest BCUT2D eigenvalue weighted by molar-refractivity contribution is 0.160. The van der Waals surface area contributed by atoms with Crippen molar-refractivity contribution in [1.82, 2.24) is 9.78 Å². The maximum absolute atomic E-state index is 10.3. The van der Waals surface area contributed by atoms with Gasteiger partial charge < -0.3 is 14.3 Å². The van der Waals surface area contributed by atoms with E-state index in [1.165, 1.54) is 12.5 Å². The van der Waals surface area contributed by atoms with Crippen molar-refractivity contribution in [2.75, 3.05) is 13.7 Å². The average Bonchev–Trinajstić information content (AvgIpc) is 2.92. The highest BCUT2D eigenvalue weighted by Gasteiger charge is 2.23. The van der Waals surface area contributed by atoms with Crippen molar-refractivity contribution < 1.29 is 14.3 Å². The van der Waals surface area contributed by atoms with Gasteiger partial charge in [0.05, 0.1) is 36.3 Å². The number of rotatable bonds is 5. The molecule has 1 N–H and O–H groups in total. The van der Waals surface area contributed by atoms with Crippen LogP contribution in [0.4, 0.5) is 0 Å². The number of ether oxygens (including phenoxy) is 1. The van der Waals surface area contributed by atoms with E-state index in [4.69, 9.17) is 20.8 Å². The molecule has 0 fully saturated rings. The molecule has 18 heavy (non-hydrogen) atoms. The second kappa shape index (κ2) is 5.56. The SMILES string of the molecule is COCCn1ncc(Cl)c1C(O)c1occc1C. The molecule has 0 amide bonds. The first-order chi connectivity index (χ1) is 8.65. The van der Waals surface area contributed by atoms with E-state index in [-0.39, 0.29) is 0 Å². The Bertz CT molecular complexity index is 521. The van der Waals surface area contributed by atoms with Crippen molar-refractivity contribution in [3.63, 3.8) is 0 Å². The molecule has 0 bridgehead atoms. The van der Waals surface area contributed by atoms with Gasteiger partial charge in [0.1, 0.15) is 5.76 Å². The van der Waals surface area contributed by atoms with E-state index < -0.39 is 6.10 Å². The molecule has 0 aromatic carbocycles. The summed E-state index contributed by atoms with van der Waals surface area (Å²) in [6.07, 6.45) is 2.12. The van der Waals surface area contributed by atoms with Gasteiger partial charge in [-0.25, -0.2) is 0 Å². The second-order valence-electron chi connectivity index (χ2n) is 3.96. The lowest BCUT2D eigenvalue weighted by Gasteiger charge is -2.13. The fraction of sp³-hybridized carbons (Fsp3) is 0.417. The zero-order valence-corrected chi connectivity index (χ0v) is 11.0. The van der Waals surface area contributed by atoms with Gasteiger partial charge in [0.15, 0.2) is 6.10 Å². The molecule has 0 saturated carbocycles. The Hall–Kier alpha value is -1.30. The quantitative estimate of drug-likeness (QED) is 0.904. The Morgan fingerprint density at radius 1 is 1.61 bits per heavy atom. The smallest absolute Gasteiger partial charge is 0.155 e. The molecule has 0 radical (unpaired) electrons. The molecular weight excluding hydrogens is 256 g/mol. The molecule has 0 aliphatic carbocycles. The standard InChI is InChI=1S/C12H15ClN2O3/c1-8-3-5-18-12(8)11(16)10-9(13)7-14-15(10)4-6-17-2/h3,5,7,11,16H,4,6H2,1-2H3. The van der Waals surface area contributed by atoms with E-state index in [1.54, 1.807) is 17.9 Å². The first kappa shape index (κ1) is 13.1. The monoisotopic (exact) mass is 270 g/mol. The number of aliphatic hydroxyl groups excluding tert-OH is 1. The molecule has 1 unspecified atom stereocenters. The minimum atomic E-state index is -0.924. The minimum Gasteiger partial charge on any atom is -0.466 e. The maximum atomic E-state index is 10.3. The summed E-state index contributed by atoms with van der Waals surface area (Å²) in [7, 11) is 1.61. The molecule has 2 rings (SSSR count). The minimum absolute atomic E-state index is 0.411. The Balaban J connectivity index is 2.32. The van der Waals surface area contributed by atoms with Crippen LogP contribution in [0.15, 0.2) is 22.9 Å². The molecule has 98 valence electrons. The van der Waals surface area contributed by atoms with Crippen molar-refractivity contribution in [3.8, 4) is 0 Å².